The third-order valence-electron chi connectivity index (χ3n) is 3.53. The number of ether oxygens (including phenoxy) is 1. The summed E-state index contributed by atoms with van der Waals surface area (Å²) in [6, 6.07) is 14.9. The highest BCUT2D eigenvalue weighted by molar-refractivity contribution is 5.80. The number of halogens is 1. The zero-order valence-corrected chi connectivity index (χ0v) is 12.1. The third-order valence-corrected chi connectivity index (χ3v) is 3.53. The topological polar surface area (TPSA) is 14.2 Å². The largest absolute Gasteiger partial charge is 0.494 e. The lowest BCUT2D eigenvalue weighted by Gasteiger charge is -2.08. The Morgan fingerprint density at radius 3 is 2.86 bits per heavy atom. The van der Waals surface area contributed by atoms with Crippen LogP contribution in [0.5, 0.6) is 5.75 Å². The fraction of sp³-hybridized carbons (Fsp3) is 0.222. The molecule has 0 aliphatic rings. The van der Waals surface area contributed by atoms with E-state index in [-0.39, 0.29) is 5.82 Å². The molecule has 0 amide bonds. The average Bonchev–Trinajstić information content (AvgIpc) is 2.86. The number of fused-ring (bicyclic) bond motifs is 1. The summed E-state index contributed by atoms with van der Waals surface area (Å²) in [6.45, 7) is 3.59. The van der Waals surface area contributed by atoms with Crippen LogP contribution in [-0.2, 0) is 6.54 Å². The molecule has 0 aliphatic carbocycles. The fourth-order valence-corrected chi connectivity index (χ4v) is 2.50. The Kier molecular flexibility index (Phi) is 3.91. The summed E-state index contributed by atoms with van der Waals surface area (Å²) < 4.78 is 21.0. The van der Waals surface area contributed by atoms with Gasteiger partial charge in [0.1, 0.15) is 11.6 Å². The first-order chi connectivity index (χ1) is 10.2. The van der Waals surface area contributed by atoms with Crippen molar-refractivity contribution in [3.8, 4) is 5.75 Å². The molecule has 0 saturated heterocycles. The molecule has 0 N–H and O–H groups in total. The number of nitrogens with zero attached hydrogens (tertiary/aromatic N) is 1. The molecule has 2 nitrogen and oxygen atoms in total. The summed E-state index contributed by atoms with van der Waals surface area (Å²) in [5.41, 5.74) is 2.26. The molecule has 3 aromatic rings. The van der Waals surface area contributed by atoms with Crippen molar-refractivity contribution < 1.29 is 9.13 Å². The van der Waals surface area contributed by atoms with Gasteiger partial charge in [-0.3, -0.25) is 0 Å². The van der Waals surface area contributed by atoms with Gasteiger partial charge in [0.05, 0.1) is 6.61 Å². The van der Waals surface area contributed by atoms with Gasteiger partial charge in [0.2, 0.25) is 0 Å². The van der Waals surface area contributed by atoms with Crippen molar-refractivity contribution in [2.75, 3.05) is 6.61 Å². The third kappa shape index (κ3) is 3.24. The van der Waals surface area contributed by atoms with Crippen molar-refractivity contribution in [2.24, 2.45) is 0 Å². The zero-order chi connectivity index (χ0) is 14.7. The highest BCUT2D eigenvalue weighted by Crippen LogP contribution is 2.18. The molecule has 0 unspecified atom stereocenters. The van der Waals surface area contributed by atoms with Crippen LogP contribution in [0.15, 0.2) is 54.7 Å². The second kappa shape index (κ2) is 6.00. The summed E-state index contributed by atoms with van der Waals surface area (Å²) >= 11 is 0. The molecular weight excluding hydrogens is 265 g/mol. The molecule has 0 bridgehead atoms. The van der Waals surface area contributed by atoms with Crippen molar-refractivity contribution in [1.29, 1.82) is 0 Å². The molecule has 3 heteroatoms. The van der Waals surface area contributed by atoms with Gasteiger partial charge in [-0.15, -0.1) is 0 Å². The fourth-order valence-electron chi connectivity index (χ4n) is 2.50. The predicted octanol–water partition coefficient (Wildman–Crippen LogP) is 4.56. The molecule has 21 heavy (non-hydrogen) atoms. The van der Waals surface area contributed by atoms with Gasteiger partial charge < -0.3 is 9.30 Å². The lowest BCUT2D eigenvalue weighted by atomic mass is 10.2. The van der Waals surface area contributed by atoms with E-state index in [1.165, 1.54) is 11.6 Å². The Bertz CT molecular complexity index is 748. The lowest BCUT2D eigenvalue weighted by Crippen LogP contribution is -2.03. The van der Waals surface area contributed by atoms with Crippen LogP contribution in [-0.4, -0.2) is 11.2 Å². The smallest absolute Gasteiger partial charge is 0.123 e. The molecule has 0 aliphatic heterocycles. The van der Waals surface area contributed by atoms with Gasteiger partial charge in [0.25, 0.3) is 0 Å². The summed E-state index contributed by atoms with van der Waals surface area (Å²) in [4.78, 5) is 0. The maximum atomic E-state index is 13.1. The van der Waals surface area contributed by atoms with Crippen LogP contribution in [0, 0.1) is 12.7 Å². The van der Waals surface area contributed by atoms with E-state index < -0.39 is 0 Å². The maximum absolute atomic E-state index is 13.1. The first-order valence-corrected chi connectivity index (χ1v) is 7.16. The monoisotopic (exact) mass is 283 g/mol. The van der Waals surface area contributed by atoms with E-state index in [0.717, 1.165) is 29.6 Å². The Balaban J connectivity index is 1.57. The van der Waals surface area contributed by atoms with Gasteiger partial charge in [0, 0.05) is 23.6 Å². The molecule has 0 fully saturated rings. The van der Waals surface area contributed by atoms with Crippen LogP contribution in [0.25, 0.3) is 10.9 Å². The van der Waals surface area contributed by atoms with E-state index in [1.54, 1.807) is 6.07 Å². The zero-order valence-electron chi connectivity index (χ0n) is 12.1. The Morgan fingerprint density at radius 1 is 1.10 bits per heavy atom. The van der Waals surface area contributed by atoms with Crippen LogP contribution in [0.1, 0.15) is 12.0 Å². The van der Waals surface area contributed by atoms with E-state index in [0.29, 0.717) is 6.61 Å². The summed E-state index contributed by atoms with van der Waals surface area (Å²) in [5, 5.41) is 0.939. The molecule has 1 aromatic heterocycles. The molecular formula is C18H18FNO. The van der Waals surface area contributed by atoms with Crippen molar-refractivity contribution in [2.45, 2.75) is 19.9 Å². The lowest BCUT2D eigenvalue weighted by molar-refractivity contribution is 0.302. The van der Waals surface area contributed by atoms with E-state index in [9.17, 15) is 4.39 Å². The average molecular weight is 283 g/mol. The second-order valence-electron chi connectivity index (χ2n) is 5.23. The van der Waals surface area contributed by atoms with E-state index >= 15 is 0 Å². The molecule has 0 spiro atoms. The number of aryl methyl sites for hydroxylation is 2. The number of hydrogen-bond acceptors (Lipinski definition) is 1. The predicted molar refractivity (Wildman–Crippen MR) is 83.2 cm³/mol. The summed E-state index contributed by atoms with van der Waals surface area (Å²) in [7, 11) is 0. The van der Waals surface area contributed by atoms with Crippen LogP contribution in [0.3, 0.4) is 0 Å². The van der Waals surface area contributed by atoms with Crippen molar-refractivity contribution in [3.05, 3.63) is 66.1 Å². The Hall–Kier alpha value is -2.29. The molecule has 2 aromatic carbocycles. The number of aromatic nitrogens is 1. The van der Waals surface area contributed by atoms with Gasteiger partial charge in [-0.2, -0.15) is 0 Å². The van der Waals surface area contributed by atoms with Crippen LogP contribution in [0.4, 0.5) is 4.39 Å². The minimum Gasteiger partial charge on any atom is -0.494 e. The second-order valence-corrected chi connectivity index (χ2v) is 5.23. The minimum atomic E-state index is -0.192. The van der Waals surface area contributed by atoms with Crippen LogP contribution >= 0.6 is 0 Å². The highest BCUT2D eigenvalue weighted by Gasteiger charge is 2.02. The SMILES string of the molecule is Cc1cccc(OCCCn2ccc3cc(F)ccc32)c1. The number of benzene rings is 2. The molecule has 0 radical (unpaired) electrons. The van der Waals surface area contributed by atoms with Crippen molar-refractivity contribution >= 4 is 10.9 Å². The number of rotatable bonds is 5. The van der Waals surface area contributed by atoms with Crippen LogP contribution in [0.2, 0.25) is 0 Å². The Morgan fingerprint density at radius 2 is 2.00 bits per heavy atom. The standard InChI is InChI=1S/C18H18FNO/c1-14-4-2-5-17(12-14)21-11-3-9-20-10-8-15-13-16(19)6-7-18(15)20/h2,4-8,10,12-13H,3,9,11H2,1H3. The maximum Gasteiger partial charge on any atom is 0.123 e. The normalized spacial score (nSPS) is 11.0. The van der Waals surface area contributed by atoms with Crippen LogP contribution < -0.4 is 4.74 Å². The van der Waals surface area contributed by atoms with E-state index in [4.69, 9.17) is 4.74 Å². The highest BCUT2D eigenvalue weighted by atomic mass is 19.1. The van der Waals surface area contributed by atoms with Gasteiger partial charge in [0.15, 0.2) is 0 Å². The summed E-state index contributed by atoms with van der Waals surface area (Å²) in [6.07, 6.45) is 2.91. The first kappa shape index (κ1) is 13.7. The van der Waals surface area contributed by atoms with E-state index in [1.807, 2.05) is 36.5 Å². The first-order valence-electron chi connectivity index (χ1n) is 7.16. The van der Waals surface area contributed by atoms with Gasteiger partial charge in [-0.05, 0) is 55.3 Å². The molecule has 0 atom stereocenters. The number of hydrogen-bond donors (Lipinski definition) is 0. The molecule has 3 rings (SSSR count). The Labute approximate surface area is 123 Å². The molecule has 1 heterocycles. The quantitative estimate of drug-likeness (QED) is 0.626. The van der Waals surface area contributed by atoms with Gasteiger partial charge in [-0.1, -0.05) is 12.1 Å². The van der Waals surface area contributed by atoms with Gasteiger partial charge in [-0.25, -0.2) is 4.39 Å². The van der Waals surface area contributed by atoms with Gasteiger partial charge >= 0.3 is 0 Å². The van der Waals surface area contributed by atoms with E-state index in [2.05, 4.69) is 17.6 Å². The molecule has 108 valence electrons. The van der Waals surface area contributed by atoms with Crippen molar-refractivity contribution in [3.63, 3.8) is 0 Å². The summed E-state index contributed by atoms with van der Waals surface area (Å²) in [5.74, 6) is 0.720. The molecule has 0 saturated carbocycles. The van der Waals surface area contributed by atoms with Crippen molar-refractivity contribution in [1.82, 2.24) is 4.57 Å². The minimum absolute atomic E-state index is 0.192.